The van der Waals surface area contributed by atoms with Crippen LogP contribution in [0.15, 0.2) is 35.5 Å². The number of benzene rings is 1. The zero-order valence-electron chi connectivity index (χ0n) is 15.8. The van der Waals surface area contributed by atoms with E-state index in [0.29, 0.717) is 19.0 Å². The first-order valence-corrected chi connectivity index (χ1v) is 9.11. The molecule has 0 unspecified atom stereocenters. The molecule has 1 aromatic heterocycles. The van der Waals surface area contributed by atoms with E-state index in [9.17, 15) is 17.6 Å². The molecule has 0 atom stereocenters. The Morgan fingerprint density at radius 1 is 1.29 bits per heavy atom. The van der Waals surface area contributed by atoms with Gasteiger partial charge < -0.3 is 10.6 Å². The Morgan fingerprint density at radius 3 is 2.64 bits per heavy atom. The van der Waals surface area contributed by atoms with Gasteiger partial charge in [0.05, 0.1) is 6.54 Å². The van der Waals surface area contributed by atoms with Crippen LogP contribution in [-0.2, 0) is 25.2 Å². The van der Waals surface area contributed by atoms with Gasteiger partial charge in [-0.05, 0) is 37.5 Å². The van der Waals surface area contributed by atoms with Crippen LogP contribution in [0, 0.1) is 5.82 Å². The van der Waals surface area contributed by atoms with E-state index in [0.717, 1.165) is 23.1 Å². The molecule has 1 aromatic carbocycles. The first kappa shape index (κ1) is 20.2. The van der Waals surface area contributed by atoms with Crippen LogP contribution in [0.5, 0.6) is 0 Å². The van der Waals surface area contributed by atoms with E-state index < -0.39 is 11.9 Å². The normalized spacial score (nSPS) is 16.1. The largest absolute Gasteiger partial charge is 0.435 e. The predicted molar refractivity (Wildman–Crippen MR) is 98.3 cm³/mol. The number of aromatic nitrogens is 2. The molecule has 1 heterocycles. The summed E-state index contributed by atoms with van der Waals surface area (Å²) in [4.78, 5) is 4.28. The number of guanidine groups is 1. The first-order valence-electron chi connectivity index (χ1n) is 9.11. The number of hydrogen-bond donors (Lipinski definition) is 2. The van der Waals surface area contributed by atoms with Crippen LogP contribution in [0.25, 0.3) is 0 Å². The second-order valence-corrected chi connectivity index (χ2v) is 7.01. The van der Waals surface area contributed by atoms with Crippen LogP contribution in [0.2, 0.25) is 0 Å². The molecule has 0 amide bonds. The highest BCUT2D eigenvalue weighted by Gasteiger charge is 2.44. The third-order valence-electron chi connectivity index (χ3n) is 4.81. The van der Waals surface area contributed by atoms with Crippen LogP contribution in [0.4, 0.5) is 17.6 Å². The SMILES string of the molecule is CCNC(=NCc1cn(C)nc1C(F)(F)F)NCC1(c2cccc(F)c2)CC1. The third-order valence-corrected chi connectivity index (χ3v) is 4.81. The van der Waals surface area contributed by atoms with Crippen LogP contribution in [0.3, 0.4) is 0 Å². The third kappa shape index (κ3) is 4.63. The van der Waals surface area contributed by atoms with Gasteiger partial charge in [0.1, 0.15) is 5.82 Å². The van der Waals surface area contributed by atoms with Crippen molar-refractivity contribution >= 4 is 5.96 Å². The summed E-state index contributed by atoms with van der Waals surface area (Å²) in [6.45, 7) is 2.83. The number of rotatable bonds is 6. The molecule has 152 valence electrons. The van der Waals surface area contributed by atoms with E-state index in [2.05, 4.69) is 20.7 Å². The maximum Gasteiger partial charge on any atom is 0.435 e. The van der Waals surface area contributed by atoms with E-state index in [1.165, 1.54) is 25.4 Å². The number of halogens is 4. The van der Waals surface area contributed by atoms with Gasteiger partial charge in [0.25, 0.3) is 0 Å². The minimum absolute atomic E-state index is 0.0125. The predicted octanol–water partition coefficient (Wildman–Crippen LogP) is 3.36. The molecule has 5 nitrogen and oxygen atoms in total. The summed E-state index contributed by atoms with van der Waals surface area (Å²) in [6.07, 6.45) is -1.36. The molecule has 0 saturated heterocycles. The van der Waals surface area contributed by atoms with Crippen LogP contribution < -0.4 is 10.6 Å². The van der Waals surface area contributed by atoms with Gasteiger partial charge in [-0.3, -0.25) is 4.68 Å². The quantitative estimate of drug-likeness (QED) is 0.447. The van der Waals surface area contributed by atoms with Gasteiger partial charge in [0.2, 0.25) is 0 Å². The smallest absolute Gasteiger partial charge is 0.357 e. The fraction of sp³-hybridized carbons (Fsp3) is 0.474. The van der Waals surface area contributed by atoms with Gasteiger partial charge in [-0.25, -0.2) is 9.38 Å². The molecule has 2 aromatic rings. The standard InChI is InChI=1S/C19H23F4N5/c1-3-24-17(25-10-13-11-28(2)27-16(13)19(21,22)23)26-12-18(7-8-18)14-5-4-6-15(20)9-14/h4-6,9,11H,3,7-8,10,12H2,1-2H3,(H2,24,25,26). The molecule has 2 N–H and O–H groups in total. The lowest BCUT2D eigenvalue weighted by Gasteiger charge is -2.19. The summed E-state index contributed by atoms with van der Waals surface area (Å²) in [5.74, 6) is 0.141. The minimum Gasteiger partial charge on any atom is -0.357 e. The van der Waals surface area contributed by atoms with E-state index >= 15 is 0 Å². The molecule has 1 aliphatic rings. The molecule has 3 rings (SSSR count). The van der Waals surface area contributed by atoms with Crippen molar-refractivity contribution in [3.05, 3.63) is 53.1 Å². The summed E-state index contributed by atoms with van der Waals surface area (Å²) in [5.41, 5.74) is -0.155. The monoisotopic (exact) mass is 397 g/mol. The minimum atomic E-state index is -4.52. The van der Waals surface area contributed by atoms with Crippen molar-refractivity contribution in [2.24, 2.45) is 12.0 Å². The number of hydrogen-bond acceptors (Lipinski definition) is 2. The first-order chi connectivity index (χ1) is 13.2. The van der Waals surface area contributed by atoms with Crippen molar-refractivity contribution in [2.45, 2.75) is 37.9 Å². The second-order valence-electron chi connectivity index (χ2n) is 7.01. The number of aryl methyl sites for hydroxylation is 1. The van der Waals surface area contributed by atoms with E-state index in [1.54, 1.807) is 6.07 Å². The van der Waals surface area contributed by atoms with Gasteiger partial charge in [0.15, 0.2) is 11.7 Å². The Balaban J connectivity index is 1.71. The molecule has 1 saturated carbocycles. The molecular weight excluding hydrogens is 374 g/mol. The molecular formula is C19H23F4N5. The van der Waals surface area contributed by atoms with Crippen LogP contribution in [0.1, 0.15) is 36.6 Å². The van der Waals surface area contributed by atoms with E-state index in [1.807, 2.05) is 13.0 Å². The Morgan fingerprint density at radius 2 is 2.04 bits per heavy atom. The van der Waals surface area contributed by atoms with Crippen molar-refractivity contribution in [3.63, 3.8) is 0 Å². The summed E-state index contributed by atoms with van der Waals surface area (Å²) in [5, 5.41) is 9.72. The van der Waals surface area contributed by atoms with Crippen molar-refractivity contribution < 1.29 is 17.6 Å². The highest BCUT2D eigenvalue weighted by molar-refractivity contribution is 5.80. The highest BCUT2D eigenvalue weighted by atomic mass is 19.4. The maximum absolute atomic E-state index is 13.5. The molecule has 28 heavy (non-hydrogen) atoms. The molecule has 0 spiro atoms. The molecule has 0 aliphatic heterocycles. The maximum atomic E-state index is 13.5. The van der Waals surface area contributed by atoms with Gasteiger partial charge in [-0.2, -0.15) is 18.3 Å². The van der Waals surface area contributed by atoms with Gasteiger partial charge in [0, 0.05) is 37.3 Å². The Bertz CT molecular complexity index is 852. The zero-order valence-corrected chi connectivity index (χ0v) is 15.8. The fourth-order valence-electron chi connectivity index (χ4n) is 3.19. The lowest BCUT2D eigenvalue weighted by atomic mass is 9.96. The zero-order chi connectivity index (χ0) is 20.4. The average Bonchev–Trinajstić information content (AvgIpc) is 3.32. The second kappa shape index (κ2) is 7.81. The number of nitrogens with zero attached hydrogens (tertiary/aromatic N) is 3. The summed E-state index contributed by atoms with van der Waals surface area (Å²) >= 11 is 0. The summed E-state index contributed by atoms with van der Waals surface area (Å²) in [7, 11) is 1.45. The Kier molecular flexibility index (Phi) is 5.62. The van der Waals surface area contributed by atoms with Crippen molar-refractivity contribution in [1.82, 2.24) is 20.4 Å². The lowest BCUT2D eigenvalue weighted by Crippen LogP contribution is -2.41. The summed E-state index contributed by atoms with van der Waals surface area (Å²) < 4.78 is 53.9. The number of aliphatic imine (C=N–C) groups is 1. The van der Waals surface area contributed by atoms with Crippen molar-refractivity contribution in [2.75, 3.05) is 13.1 Å². The Labute approximate surface area is 160 Å². The van der Waals surface area contributed by atoms with Crippen LogP contribution in [-0.4, -0.2) is 28.8 Å². The lowest BCUT2D eigenvalue weighted by molar-refractivity contribution is -0.142. The topological polar surface area (TPSA) is 54.2 Å². The van der Waals surface area contributed by atoms with Gasteiger partial charge >= 0.3 is 6.18 Å². The van der Waals surface area contributed by atoms with E-state index in [4.69, 9.17) is 0 Å². The van der Waals surface area contributed by atoms with E-state index in [-0.39, 0.29) is 23.3 Å². The molecule has 9 heteroatoms. The molecule has 0 bridgehead atoms. The molecule has 0 radical (unpaired) electrons. The highest BCUT2D eigenvalue weighted by Crippen LogP contribution is 2.47. The van der Waals surface area contributed by atoms with Crippen molar-refractivity contribution in [3.8, 4) is 0 Å². The van der Waals surface area contributed by atoms with Gasteiger partial charge in [-0.1, -0.05) is 12.1 Å². The molecule has 1 aliphatic carbocycles. The number of alkyl halides is 3. The fourth-order valence-corrected chi connectivity index (χ4v) is 3.19. The Hall–Kier alpha value is -2.58. The van der Waals surface area contributed by atoms with Crippen LogP contribution >= 0.6 is 0 Å². The number of nitrogens with one attached hydrogen (secondary N) is 2. The van der Waals surface area contributed by atoms with Crippen molar-refractivity contribution in [1.29, 1.82) is 0 Å². The molecule has 1 fully saturated rings. The van der Waals surface area contributed by atoms with Gasteiger partial charge in [-0.15, -0.1) is 0 Å². The summed E-state index contributed by atoms with van der Waals surface area (Å²) in [6, 6.07) is 6.52. The average molecular weight is 397 g/mol.